The fourth-order valence-corrected chi connectivity index (χ4v) is 5.80. The van der Waals surface area contributed by atoms with Crippen LogP contribution in [-0.2, 0) is 27.7 Å². The number of rotatable bonds is 7. The van der Waals surface area contributed by atoms with E-state index in [4.69, 9.17) is 9.15 Å². The quantitative estimate of drug-likeness (QED) is 0.291. The van der Waals surface area contributed by atoms with Gasteiger partial charge in [-0.25, -0.2) is 18.0 Å². The molecule has 35 heavy (non-hydrogen) atoms. The number of ether oxygens (including phenoxy) is 1. The van der Waals surface area contributed by atoms with Gasteiger partial charge in [0.05, 0.1) is 10.3 Å². The molecule has 7 nitrogen and oxygen atoms in total. The monoisotopic (exact) mass is 497 g/mol. The van der Waals surface area contributed by atoms with Gasteiger partial charge in [-0.05, 0) is 80.8 Å². The summed E-state index contributed by atoms with van der Waals surface area (Å²) in [6.07, 6.45) is 3.72. The van der Waals surface area contributed by atoms with Crippen molar-refractivity contribution < 1.29 is 22.4 Å². The van der Waals surface area contributed by atoms with Gasteiger partial charge in [0.15, 0.2) is 0 Å². The van der Waals surface area contributed by atoms with Crippen molar-refractivity contribution >= 4 is 27.0 Å². The van der Waals surface area contributed by atoms with Crippen LogP contribution in [0.5, 0.6) is 5.75 Å². The number of esters is 1. The van der Waals surface area contributed by atoms with Crippen LogP contribution in [0.25, 0.3) is 11.0 Å². The minimum atomic E-state index is -3.95. The molecule has 0 saturated heterocycles. The lowest BCUT2D eigenvalue weighted by Crippen LogP contribution is -2.47. The Morgan fingerprint density at radius 3 is 2.37 bits per heavy atom. The van der Waals surface area contributed by atoms with Crippen molar-refractivity contribution in [2.24, 2.45) is 5.92 Å². The van der Waals surface area contributed by atoms with E-state index in [2.05, 4.69) is 4.72 Å². The molecule has 1 aliphatic rings. The molecule has 4 rings (SSSR count). The summed E-state index contributed by atoms with van der Waals surface area (Å²) >= 11 is 0. The summed E-state index contributed by atoms with van der Waals surface area (Å²) in [6, 6.07) is 8.85. The zero-order valence-electron chi connectivity index (χ0n) is 20.5. The van der Waals surface area contributed by atoms with Crippen LogP contribution in [0.15, 0.2) is 50.5 Å². The first-order valence-corrected chi connectivity index (χ1v) is 13.5. The molecule has 1 aliphatic carbocycles. The molecular weight excluding hydrogens is 466 g/mol. The molecular formula is C27H31NO6S. The van der Waals surface area contributed by atoms with Crippen LogP contribution >= 0.6 is 0 Å². The number of hydrogen-bond acceptors (Lipinski definition) is 6. The Bertz CT molecular complexity index is 1420. The Kier molecular flexibility index (Phi) is 7.15. The first kappa shape index (κ1) is 25.1. The van der Waals surface area contributed by atoms with Crippen LogP contribution in [-0.4, -0.2) is 20.4 Å². The molecule has 2 aromatic carbocycles. The fourth-order valence-electron chi connectivity index (χ4n) is 4.50. The summed E-state index contributed by atoms with van der Waals surface area (Å²) in [4.78, 5) is 26.0. The third-order valence-electron chi connectivity index (χ3n) is 6.72. The predicted molar refractivity (Wildman–Crippen MR) is 134 cm³/mol. The van der Waals surface area contributed by atoms with Gasteiger partial charge in [-0.1, -0.05) is 38.0 Å². The van der Waals surface area contributed by atoms with Crippen LogP contribution < -0.4 is 15.1 Å². The summed E-state index contributed by atoms with van der Waals surface area (Å²) in [5.74, 6) is -0.724. The molecule has 0 fully saturated rings. The molecule has 8 heteroatoms. The van der Waals surface area contributed by atoms with Gasteiger partial charge in [-0.2, -0.15) is 4.72 Å². The van der Waals surface area contributed by atoms with Gasteiger partial charge in [-0.15, -0.1) is 0 Å². The summed E-state index contributed by atoms with van der Waals surface area (Å²) in [6.45, 7) is 7.38. The molecule has 0 spiro atoms. The van der Waals surface area contributed by atoms with E-state index in [1.54, 1.807) is 31.2 Å². The van der Waals surface area contributed by atoms with Crippen LogP contribution in [0.1, 0.15) is 55.4 Å². The van der Waals surface area contributed by atoms with E-state index in [0.717, 1.165) is 29.5 Å². The van der Waals surface area contributed by atoms with E-state index in [1.807, 2.05) is 20.8 Å². The second-order valence-corrected chi connectivity index (χ2v) is 11.1. The first-order valence-electron chi connectivity index (χ1n) is 12.0. The standard InChI is InChI=1S/C27H31NO6S/c1-5-18(4)25(28-35(31,32)19-12-10-16(2)11-13-19)27(30)34-23-15-17(3)14-22-24(23)20-8-6-7-9-21(20)26(29)33-22/h10-15,18,25,28H,5-9H2,1-4H3/t18-,25-/m1/s1. The maximum absolute atomic E-state index is 13.4. The molecule has 0 aliphatic heterocycles. The smallest absolute Gasteiger partial charge is 0.339 e. The van der Waals surface area contributed by atoms with E-state index in [-0.39, 0.29) is 22.2 Å². The van der Waals surface area contributed by atoms with Crippen LogP contribution in [0, 0.1) is 19.8 Å². The van der Waals surface area contributed by atoms with E-state index >= 15 is 0 Å². The second kappa shape index (κ2) is 9.95. The molecule has 3 aromatic rings. The zero-order valence-corrected chi connectivity index (χ0v) is 21.3. The minimum absolute atomic E-state index is 0.0843. The van der Waals surface area contributed by atoms with Gasteiger partial charge < -0.3 is 9.15 Å². The Hall–Kier alpha value is -2.97. The minimum Gasteiger partial charge on any atom is -0.425 e. The maximum Gasteiger partial charge on any atom is 0.339 e. The van der Waals surface area contributed by atoms with Crippen molar-refractivity contribution in [2.75, 3.05) is 0 Å². The van der Waals surface area contributed by atoms with Gasteiger partial charge in [0.1, 0.15) is 17.4 Å². The fraction of sp³-hybridized carbons (Fsp3) is 0.407. The largest absolute Gasteiger partial charge is 0.425 e. The number of hydrogen-bond donors (Lipinski definition) is 1. The lowest BCUT2D eigenvalue weighted by Gasteiger charge is -2.24. The molecule has 1 N–H and O–H groups in total. The normalized spacial score (nSPS) is 15.4. The Morgan fingerprint density at radius 2 is 1.71 bits per heavy atom. The summed E-state index contributed by atoms with van der Waals surface area (Å²) in [5.41, 5.74) is 3.20. The molecule has 0 bridgehead atoms. The lowest BCUT2D eigenvalue weighted by atomic mass is 9.90. The van der Waals surface area contributed by atoms with Gasteiger partial charge >= 0.3 is 11.6 Å². The van der Waals surface area contributed by atoms with Crippen molar-refractivity contribution in [1.29, 1.82) is 0 Å². The molecule has 2 atom stereocenters. The van der Waals surface area contributed by atoms with Crippen molar-refractivity contribution in [1.82, 2.24) is 4.72 Å². The topological polar surface area (TPSA) is 103 Å². The highest BCUT2D eigenvalue weighted by atomic mass is 32.2. The third-order valence-corrected chi connectivity index (χ3v) is 8.18. The number of fused-ring (bicyclic) bond motifs is 3. The number of benzene rings is 2. The Morgan fingerprint density at radius 1 is 1.06 bits per heavy atom. The van der Waals surface area contributed by atoms with E-state index in [9.17, 15) is 18.0 Å². The van der Waals surface area contributed by atoms with E-state index in [0.29, 0.717) is 35.8 Å². The highest BCUT2D eigenvalue weighted by Gasteiger charge is 2.32. The lowest BCUT2D eigenvalue weighted by molar-refractivity contribution is -0.137. The Balaban J connectivity index is 1.72. The number of carbonyl (C=O) groups excluding carboxylic acids is 1. The van der Waals surface area contributed by atoms with Gasteiger partial charge in [-0.3, -0.25) is 0 Å². The van der Waals surface area contributed by atoms with Crippen molar-refractivity contribution in [3.8, 4) is 5.75 Å². The van der Waals surface area contributed by atoms with Gasteiger partial charge in [0.2, 0.25) is 10.0 Å². The second-order valence-electron chi connectivity index (χ2n) is 9.41. The molecule has 0 saturated carbocycles. The molecule has 0 radical (unpaired) electrons. The third kappa shape index (κ3) is 5.18. The molecule has 186 valence electrons. The number of aryl methyl sites for hydroxylation is 3. The SMILES string of the molecule is CC[C@@H](C)[C@@H](NS(=O)(=O)c1ccc(C)cc1)C(=O)Oc1cc(C)cc2oc(=O)c3c(c12)CCCC3. The highest BCUT2D eigenvalue weighted by molar-refractivity contribution is 7.89. The van der Waals surface area contributed by atoms with Crippen LogP contribution in [0.3, 0.4) is 0 Å². The number of carbonyl (C=O) groups is 1. The van der Waals surface area contributed by atoms with Crippen LogP contribution in [0.2, 0.25) is 0 Å². The summed E-state index contributed by atoms with van der Waals surface area (Å²) < 4.78 is 40.1. The first-order chi connectivity index (χ1) is 16.6. The average molecular weight is 498 g/mol. The van der Waals surface area contributed by atoms with E-state index < -0.39 is 22.0 Å². The average Bonchev–Trinajstić information content (AvgIpc) is 2.82. The van der Waals surface area contributed by atoms with Crippen molar-refractivity contribution in [2.45, 2.75) is 70.7 Å². The zero-order chi connectivity index (χ0) is 25.3. The number of sulfonamides is 1. The van der Waals surface area contributed by atoms with Gasteiger partial charge in [0.25, 0.3) is 0 Å². The molecule has 0 amide bonds. The van der Waals surface area contributed by atoms with Gasteiger partial charge in [0, 0.05) is 5.56 Å². The van der Waals surface area contributed by atoms with Crippen molar-refractivity contribution in [3.63, 3.8) is 0 Å². The number of nitrogens with one attached hydrogen (secondary N) is 1. The molecule has 0 unspecified atom stereocenters. The summed E-state index contributed by atoms with van der Waals surface area (Å²) in [5, 5.41) is 0.613. The Labute approximate surface area is 205 Å². The maximum atomic E-state index is 13.4. The predicted octanol–water partition coefficient (Wildman–Crippen LogP) is 4.59. The van der Waals surface area contributed by atoms with E-state index in [1.165, 1.54) is 12.1 Å². The highest BCUT2D eigenvalue weighted by Crippen LogP contribution is 2.35. The molecule has 1 heterocycles. The molecule has 1 aromatic heterocycles. The van der Waals surface area contributed by atoms with Crippen LogP contribution in [0.4, 0.5) is 0 Å². The summed E-state index contributed by atoms with van der Waals surface area (Å²) in [7, 11) is -3.95. The van der Waals surface area contributed by atoms with Crippen molar-refractivity contribution in [3.05, 3.63) is 69.1 Å².